The fourth-order valence-electron chi connectivity index (χ4n) is 0.945. The zero-order chi connectivity index (χ0) is 10.4. The van der Waals surface area contributed by atoms with Crippen LogP contribution in [0.1, 0.15) is 5.56 Å². The summed E-state index contributed by atoms with van der Waals surface area (Å²) in [7, 11) is 0. The van der Waals surface area contributed by atoms with E-state index in [1.807, 2.05) is 0 Å². The minimum absolute atomic E-state index is 0.490. The van der Waals surface area contributed by atoms with Crippen LogP contribution in [-0.2, 0) is 4.79 Å². The summed E-state index contributed by atoms with van der Waals surface area (Å²) in [4.78, 5) is 10.5. The second-order valence-electron chi connectivity index (χ2n) is 2.45. The maximum absolute atomic E-state index is 12.0. The fourth-order valence-corrected chi connectivity index (χ4v) is 1.51. The van der Waals surface area contributed by atoms with Crippen LogP contribution in [-0.4, -0.2) is 12.0 Å². The number of hydrogen-bond acceptors (Lipinski definition) is 2. The van der Waals surface area contributed by atoms with Crippen LogP contribution in [0.2, 0.25) is 0 Å². The third-order valence-electron chi connectivity index (χ3n) is 1.45. The van der Waals surface area contributed by atoms with Crippen LogP contribution in [0.3, 0.4) is 0 Å². The van der Waals surface area contributed by atoms with Crippen molar-refractivity contribution in [2.75, 3.05) is 0 Å². The highest BCUT2D eigenvalue weighted by molar-refractivity contribution is 7.99. The van der Waals surface area contributed by atoms with Crippen LogP contribution in [0, 0.1) is 0 Å². The van der Waals surface area contributed by atoms with E-state index >= 15 is 0 Å². The highest BCUT2D eigenvalue weighted by Gasteiger charge is 2.04. The molecule has 0 saturated carbocycles. The lowest BCUT2D eigenvalue weighted by Crippen LogP contribution is -1.82. The average Bonchev–Trinajstić information content (AvgIpc) is 2.14. The van der Waals surface area contributed by atoms with Gasteiger partial charge in [-0.3, -0.25) is 4.79 Å². The van der Waals surface area contributed by atoms with E-state index in [1.165, 1.54) is 6.08 Å². The Bertz CT molecular complexity index is 337. The highest BCUT2D eigenvalue weighted by Crippen LogP contribution is 2.25. The number of aldehydes is 1. The molecule has 1 aromatic rings. The number of benzene rings is 1. The molecule has 74 valence electrons. The second kappa shape index (κ2) is 5.54. The van der Waals surface area contributed by atoms with Gasteiger partial charge >= 0.3 is 0 Å². The molecule has 0 aliphatic heterocycles. The van der Waals surface area contributed by atoms with Gasteiger partial charge in [-0.25, -0.2) is 0 Å². The molecule has 1 nitrogen and oxygen atoms in total. The van der Waals surface area contributed by atoms with Gasteiger partial charge in [-0.1, -0.05) is 30.0 Å². The zero-order valence-electron chi connectivity index (χ0n) is 7.19. The molecule has 14 heavy (non-hydrogen) atoms. The smallest absolute Gasteiger partial charge is 0.288 e. The van der Waals surface area contributed by atoms with E-state index in [-0.39, 0.29) is 0 Å². The first-order chi connectivity index (χ1) is 6.72. The largest absolute Gasteiger partial charge is 0.299 e. The summed E-state index contributed by atoms with van der Waals surface area (Å²) in [5, 5.41) is 0. The van der Waals surface area contributed by atoms with E-state index in [2.05, 4.69) is 0 Å². The topological polar surface area (TPSA) is 17.1 Å². The monoisotopic (exact) mass is 214 g/mol. The standard InChI is InChI=1S/C10H8F2OS/c11-10(12)14-9-5-1-3-8(7-9)4-2-6-13/h1-7,10H/b4-2+. The van der Waals surface area contributed by atoms with Crippen molar-refractivity contribution < 1.29 is 13.6 Å². The van der Waals surface area contributed by atoms with Crippen molar-refractivity contribution in [2.45, 2.75) is 10.7 Å². The van der Waals surface area contributed by atoms with E-state index in [9.17, 15) is 13.6 Å². The Hall–Kier alpha value is -1.16. The number of hydrogen-bond donors (Lipinski definition) is 0. The quantitative estimate of drug-likeness (QED) is 0.435. The van der Waals surface area contributed by atoms with Crippen molar-refractivity contribution in [3.63, 3.8) is 0 Å². The van der Waals surface area contributed by atoms with Crippen molar-refractivity contribution >= 4 is 24.1 Å². The van der Waals surface area contributed by atoms with E-state index in [4.69, 9.17) is 0 Å². The number of thioether (sulfide) groups is 1. The molecular formula is C10H8F2OS. The van der Waals surface area contributed by atoms with Gasteiger partial charge in [-0.2, -0.15) is 8.78 Å². The van der Waals surface area contributed by atoms with Gasteiger partial charge in [0, 0.05) is 4.90 Å². The number of allylic oxidation sites excluding steroid dienone is 1. The van der Waals surface area contributed by atoms with Gasteiger partial charge in [0.2, 0.25) is 0 Å². The molecule has 0 aromatic heterocycles. The number of carbonyl (C=O) groups excluding carboxylic acids is 1. The van der Waals surface area contributed by atoms with Gasteiger partial charge < -0.3 is 0 Å². The summed E-state index contributed by atoms with van der Waals surface area (Å²) in [6.07, 6.45) is 3.54. The Kier molecular flexibility index (Phi) is 4.32. The van der Waals surface area contributed by atoms with Gasteiger partial charge in [0.25, 0.3) is 5.76 Å². The molecule has 0 aliphatic carbocycles. The predicted octanol–water partition coefficient (Wildman–Crippen LogP) is 3.21. The predicted molar refractivity (Wildman–Crippen MR) is 53.4 cm³/mol. The first-order valence-electron chi connectivity index (χ1n) is 3.89. The number of halogens is 2. The van der Waals surface area contributed by atoms with Gasteiger partial charge in [0.05, 0.1) is 0 Å². The second-order valence-corrected chi connectivity index (χ2v) is 3.51. The molecule has 0 aliphatic rings. The molecule has 0 fully saturated rings. The molecule has 0 saturated heterocycles. The van der Waals surface area contributed by atoms with Crippen LogP contribution >= 0.6 is 11.8 Å². The maximum Gasteiger partial charge on any atom is 0.288 e. The first-order valence-corrected chi connectivity index (χ1v) is 4.77. The summed E-state index contributed by atoms with van der Waals surface area (Å²) in [6, 6.07) is 6.64. The van der Waals surface area contributed by atoms with Gasteiger partial charge in [-0.05, 0) is 23.8 Å². The SMILES string of the molecule is O=C/C=C/c1cccc(SC(F)F)c1. The number of alkyl halides is 2. The third kappa shape index (κ3) is 3.70. The maximum atomic E-state index is 12.0. The molecule has 0 radical (unpaired) electrons. The highest BCUT2D eigenvalue weighted by atomic mass is 32.2. The minimum Gasteiger partial charge on any atom is -0.299 e. The molecule has 0 atom stereocenters. The Morgan fingerprint density at radius 3 is 2.79 bits per heavy atom. The normalized spacial score (nSPS) is 11.1. The molecule has 0 spiro atoms. The summed E-state index contributed by atoms with van der Waals surface area (Å²) >= 11 is 0.490. The summed E-state index contributed by atoms with van der Waals surface area (Å²) < 4.78 is 24.0. The molecule has 0 unspecified atom stereocenters. The summed E-state index contributed by atoms with van der Waals surface area (Å²) in [6.45, 7) is 0. The van der Waals surface area contributed by atoms with Crippen LogP contribution in [0.4, 0.5) is 8.78 Å². The Labute approximate surface area is 84.8 Å². The molecule has 4 heteroatoms. The van der Waals surface area contributed by atoms with Crippen LogP contribution in [0.25, 0.3) is 6.08 Å². The third-order valence-corrected chi connectivity index (χ3v) is 2.15. The minimum atomic E-state index is -2.42. The van der Waals surface area contributed by atoms with Crippen LogP contribution < -0.4 is 0 Å². The van der Waals surface area contributed by atoms with E-state index < -0.39 is 5.76 Å². The van der Waals surface area contributed by atoms with Gasteiger partial charge in [-0.15, -0.1) is 0 Å². The van der Waals surface area contributed by atoms with Gasteiger partial charge in [0.15, 0.2) is 0 Å². The molecule has 1 rings (SSSR count). The zero-order valence-corrected chi connectivity index (χ0v) is 8.01. The lowest BCUT2D eigenvalue weighted by Gasteiger charge is -2.00. The van der Waals surface area contributed by atoms with E-state index in [0.29, 0.717) is 22.9 Å². The Morgan fingerprint density at radius 1 is 1.36 bits per heavy atom. The first kappa shape index (κ1) is 10.9. The average molecular weight is 214 g/mol. The lowest BCUT2D eigenvalue weighted by molar-refractivity contribution is -0.104. The van der Waals surface area contributed by atoms with E-state index in [1.54, 1.807) is 30.3 Å². The molecule has 0 heterocycles. The number of carbonyl (C=O) groups is 1. The van der Waals surface area contributed by atoms with Crippen LogP contribution in [0.5, 0.6) is 0 Å². The Balaban J connectivity index is 2.78. The van der Waals surface area contributed by atoms with Crippen molar-refractivity contribution in [2.24, 2.45) is 0 Å². The van der Waals surface area contributed by atoms with Crippen molar-refractivity contribution in [1.29, 1.82) is 0 Å². The summed E-state index contributed by atoms with van der Waals surface area (Å²) in [5.74, 6) is -2.42. The molecule has 0 N–H and O–H groups in total. The Morgan fingerprint density at radius 2 is 2.14 bits per heavy atom. The van der Waals surface area contributed by atoms with Crippen molar-refractivity contribution in [3.8, 4) is 0 Å². The fraction of sp³-hybridized carbons (Fsp3) is 0.100. The van der Waals surface area contributed by atoms with Crippen molar-refractivity contribution in [1.82, 2.24) is 0 Å². The molecule has 1 aromatic carbocycles. The molecule has 0 amide bonds. The van der Waals surface area contributed by atoms with Gasteiger partial charge in [0.1, 0.15) is 6.29 Å². The lowest BCUT2D eigenvalue weighted by atomic mass is 10.2. The summed E-state index contributed by atoms with van der Waals surface area (Å²) in [5.41, 5.74) is 0.739. The number of rotatable bonds is 4. The van der Waals surface area contributed by atoms with Crippen molar-refractivity contribution in [3.05, 3.63) is 35.9 Å². The van der Waals surface area contributed by atoms with E-state index in [0.717, 1.165) is 5.56 Å². The molecule has 0 bridgehead atoms. The molecular weight excluding hydrogens is 206 g/mol. The van der Waals surface area contributed by atoms with Crippen LogP contribution in [0.15, 0.2) is 35.2 Å².